The molecule has 9 heteroatoms. The van der Waals surface area contributed by atoms with E-state index in [4.69, 9.17) is 25.8 Å². The van der Waals surface area contributed by atoms with Crippen molar-refractivity contribution < 1.29 is 36.5 Å². The van der Waals surface area contributed by atoms with Crippen molar-refractivity contribution in [3.05, 3.63) is 35.6 Å². The second-order valence-electron chi connectivity index (χ2n) is 10.2. The molecule has 1 saturated carbocycles. The maximum absolute atomic E-state index is 14.7. The minimum atomic E-state index is -3.75. The smallest absolute Gasteiger partial charge is 0.451 e. The van der Waals surface area contributed by atoms with E-state index in [9.17, 15) is 17.6 Å². The topological polar surface area (TPSA) is 36.9 Å². The minimum absolute atomic E-state index is 0.0985. The van der Waals surface area contributed by atoms with Crippen molar-refractivity contribution in [1.29, 1.82) is 0 Å². The van der Waals surface area contributed by atoms with Gasteiger partial charge in [0.05, 0.1) is 18.2 Å². The fraction of sp³-hybridized carbons (Fsp3) is 0.714. The number of hydrogen-bond acceptors (Lipinski definition) is 4. The number of halogens is 5. The zero-order chi connectivity index (χ0) is 26.7. The number of benzene rings is 1. The molecule has 37 heavy (non-hydrogen) atoms. The molecule has 0 radical (unpaired) electrons. The SMILES string of the molecule is CCCCCCCCCC1CCC(C2COC(C(F)(F)Oc3ccc(OC=C(F)F)c(Cl)c3)OC2)CC1. The number of alkyl halides is 2. The third-order valence-electron chi connectivity index (χ3n) is 7.40. The lowest BCUT2D eigenvalue weighted by Gasteiger charge is -2.39. The van der Waals surface area contributed by atoms with Crippen molar-refractivity contribution in [2.24, 2.45) is 17.8 Å². The van der Waals surface area contributed by atoms with Gasteiger partial charge in [0.1, 0.15) is 11.5 Å². The largest absolute Gasteiger partial charge is 0.458 e. The highest BCUT2D eigenvalue weighted by Crippen LogP contribution is 2.39. The van der Waals surface area contributed by atoms with Gasteiger partial charge in [0, 0.05) is 12.0 Å². The predicted octanol–water partition coefficient (Wildman–Crippen LogP) is 9.36. The van der Waals surface area contributed by atoms with Crippen molar-refractivity contribution in [2.75, 3.05) is 13.2 Å². The van der Waals surface area contributed by atoms with E-state index in [2.05, 4.69) is 11.7 Å². The summed E-state index contributed by atoms with van der Waals surface area (Å²) in [5, 5.41) is -0.154. The average molecular weight is 551 g/mol. The molecule has 2 aliphatic rings. The molecule has 0 N–H and O–H groups in total. The summed E-state index contributed by atoms with van der Waals surface area (Å²) in [5.41, 5.74) is 0. The molecule has 2 fully saturated rings. The summed E-state index contributed by atoms with van der Waals surface area (Å²) < 4.78 is 74.0. The lowest BCUT2D eigenvalue weighted by molar-refractivity contribution is -0.354. The lowest BCUT2D eigenvalue weighted by Crippen LogP contribution is -2.48. The maximum Gasteiger partial charge on any atom is 0.451 e. The van der Waals surface area contributed by atoms with Crippen molar-refractivity contribution in [2.45, 2.75) is 96.4 Å². The van der Waals surface area contributed by atoms with Crippen molar-refractivity contribution >= 4 is 11.6 Å². The average Bonchev–Trinajstić information content (AvgIpc) is 2.88. The fourth-order valence-electron chi connectivity index (χ4n) is 5.28. The van der Waals surface area contributed by atoms with Crippen LogP contribution in [0.5, 0.6) is 11.5 Å². The molecule has 1 aromatic carbocycles. The van der Waals surface area contributed by atoms with Gasteiger partial charge in [-0.05, 0) is 36.8 Å². The molecule has 210 valence electrons. The zero-order valence-corrected chi connectivity index (χ0v) is 22.3. The molecule has 1 aromatic rings. The van der Waals surface area contributed by atoms with Crippen molar-refractivity contribution in [3.63, 3.8) is 0 Å². The van der Waals surface area contributed by atoms with Crippen LogP contribution in [-0.4, -0.2) is 25.6 Å². The van der Waals surface area contributed by atoms with Crippen LogP contribution >= 0.6 is 11.6 Å². The van der Waals surface area contributed by atoms with E-state index in [-0.39, 0.29) is 41.9 Å². The Balaban J connectivity index is 1.36. The number of unbranched alkanes of at least 4 members (excludes halogenated alkanes) is 6. The summed E-state index contributed by atoms with van der Waals surface area (Å²) in [6, 6.07) is 3.37. The van der Waals surface area contributed by atoms with E-state index < -0.39 is 18.5 Å². The van der Waals surface area contributed by atoms with Crippen LogP contribution in [0.25, 0.3) is 0 Å². The highest BCUT2D eigenvalue weighted by Gasteiger charge is 2.48. The van der Waals surface area contributed by atoms with Gasteiger partial charge in [-0.1, -0.05) is 82.7 Å². The Labute approximate surface area is 222 Å². The van der Waals surface area contributed by atoms with Crippen LogP contribution in [0.1, 0.15) is 84.0 Å². The normalized spacial score (nSPS) is 24.5. The van der Waals surface area contributed by atoms with E-state index in [0.717, 1.165) is 37.0 Å². The maximum atomic E-state index is 14.7. The lowest BCUT2D eigenvalue weighted by atomic mass is 9.74. The molecule has 0 aromatic heterocycles. The summed E-state index contributed by atoms with van der Waals surface area (Å²) in [5.74, 6) is 0.922. The quantitative estimate of drug-likeness (QED) is 0.131. The first kappa shape index (κ1) is 30.0. The van der Waals surface area contributed by atoms with E-state index in [0.29, 0.717) is 5.92 Å². The molecule has 1 saturated heterocycles. The van der Waals surface area contributed by atoms with Crippen LogP contribution in [0.3, 0.4) is 0 Å². The Kier molecular flexibility index (Phi) is 12.3. The van der Waals surface area contributed by atoms with Crippen molar-refractivity contribution in [3.8, 4) is 11.5 Å². The van der Waals surface area contributed by atoms with Gasteiger partial charge in [-0.15, -0.1) is 0 Å². The van der Waals surface area contributed by atoms with Gasteiger partial charge in [0.15, 0.2) is 6.26 Å². The summed E-state index contributed by atoms with van der Waals surface area (Å²) in [4.78, 5) is 0. The number of rotatable bonds is 14. The Morgan fingerprint density at radius 3 is 2.24 bits per heavy atom. The first-order valence-electron chi connectivity index (χ1n) is 13.6. The summed E-state index contributed by atoms with van der Waals surface area (Å²) in [6.45, 7) is 2.64. The highest BCUT2D eigenvalue weighted by molar-refractivity contribution is 6.32. The van der Waals surface area contributed by atoms with Crippen LogP contribution < -0.4 is 9.47 Å². The Morgan fingerprint density at radius 1 is 0.973 bits per heavy atom. The number of hydrogen-bond donors (Lipinski definition) is 0. The molecule has 1 aliphatic heterocycles. The predicted molar refractivity (Wildman–Crippen MR) is 135 cm³/mol. The zero-order valence-electron chi connectivity index (χ0n) is 21.5. The van der Waals surface area contributed by atoms with Gasteiger partial charge >= 0.3 is 12.2 Å². The second kappa shape index (κ2) is 15.2. The van der Waals surface area contributed by atoms with Gasteiger partial charge in [0.25, 0.3) is 6.29 Å². The Morgan fingerprint density at radius 2 is 1.62 bits per heavy atom. The number of ether oxygens (including phenoxy) is 4. The molecule has 0 atom stereocenters. The molecule has 0 spiro atoms. The Hall–Kier alpha value is -1.51. The monoisotopic (exact) mass is 550 g/mol. The standard InChI is InChI=1S/C28H39ClF4O4/c1-2-3-4-5-6-7-8-9-20-10-12-21(13-11-20)22-17-35-27(36-18-22)28(32,33)37-23-14-15-25(24(29)16-23)34-19-26(30)31/h14-16,19-22,27H,2-13,17-18H2,1H3. The van der Waals surface area contributed by atoms with Crippen LogP contribution in [0.4, 0.5) is 17.6 Å². The van der Waals surface area contributed by atoms with Crippen LogP contribution in [-0.2, 0) is 9.47 Å². The summed E-state index contributed by atoms with van der Waals surface area (Å²) in [6.07, 6.45) is 7.72. The summed E-state index contributed by atoms with van der Waals surface area (Å²) >= 11 is 5.91. The van der Waals surface area contributed by atoms with Crippen molar-refractivity contribution in [1.82, 2.24) is 0 Å². The summed E-state index contributed by atoms with van der Waals surface area (Å²) in [7, 11) is 0. The Bertz CT molecular complexity index is 833. The van der Waals surface area contributed by atoms with Gasteiger partial charge in [-0.25, -0.2) is 0 Å². The third kappa shape index (κ3) is 9.95. The van der Waals surface area contributed by atoms with Crippen LogP contribution in [0.2, 0.25) is 5.02 Å². The molecule has 1 aliphatic carbocycles. The first-order chi connectivity index (χ1) is 17.8. The first-order valence-corrected chi connectivity index (χ1v) is 13.9. The molecule has 0 bridgehead atoms. The van der Waals surface area contributed by atoms with E-state index >= 15 is 0 Å². The van der Waals surface area contributed by atoms with Gasteiger partial charge in [0.2, 0.25) is 0 Å². The molecule has 4 nitrogen and oxygen atoms in total. The molecule has 0 unspecified atom stereocenters. The van der Waals surface area contributed by atoms with Crippen LogP contribution in [0.15, 0.2) is 30.5 Å². The van der Waals surface area contributed by atoms with E-state index in [1.807, 2.05) is 0 Å². The molecule has 3 rings (SSSR count). The third-order valence-corrected chi connectivity index (χ3v) is 7.70. The van der Waals surface area contributed by atoms with Gasteiger partial charge < -0.3 is 18.9 Å². The molecular formula is C28H39ClF4O4. The van der Waals surface area contributed by atoms with E-state index in [1.165, 1.54) is 64.2 Å². The van der Waals surface area contributed by atoms with Gasteiger partial charge in [-0.3, -0.25) is 0 Å². The van der Waals surface area contributed by atoms with Gasteiger partial charge in [-0.2, -0.15) is 17.6 Å². The van der Waals surface area contributed by atoms with Crippen LogP contribution in [0, 0.1) is 17.8 Å². The molecule has 0 amide bonds. The minimum Gasteiger partial charge on any atom is -0.458 e. The van der Waals surface area contributed by atoms with E-state index in [1.54, 1.807) is 0 Å². The molecular weight excluding hydrogens is 512 g/mol. The fourth-order valence-corrected chi connectivity index (χ4v) is 5.49. The second-order valence-corrected chi connectivity index (χ2v) is 10.6. The molecule has 1 heterocycles. The highest BCUT2D eigenvalue weighted by atomic mass is 35.5.